The minimum Gasteiger partial charge on any atom is -0.477 e. The van der Waals surface area contributed by atoms with Gasteiger partial charge in [-0.1, -0.05) is 41.9 Å². The van der Waals surface area contributed by atoms with Gasteiger partial charge in [-0.3, -0.25) is 0 Å². The standard InChI is InChI=1S/C16H12ClNO2/c1-9-3-2-4-12-13(10-5-7-11(17)8-6-10)15(16(19)20)18-14(9)12/h2-8,18H,1H3,(H,19,20). The van der Waals surface area contributed by atoms with E-state index in [0.717, 1.165) is 22.0 Å². The van der Waals surface area contributed by atoms with Crippen molar-refractivity contribution in [2.24, 2.45) is 0 Å². The first-order chi connectivity index (χ1) is 9.58. The van der Waals surface area contributed by atoms with Crippen LogP contribution in [0.1, 0.15) is 16.1 Å². The van der Waals surface area contributed by atoms with Gasteiger partial charge in [0.1, 0.15) is 5.69 Å². The van der Waals surface area contributed by atoms with Crippen LogP contribution in [-0.2, 0) is 0 Å². The fourth-order valence-electron chi connectivity index (χ4n) is 2.44. The first-order valence-electron chi connectivity index (χ1n) is 6.18. The van der Waals surface area contributed by atoms with Crippen LogP contribution in [0.5, 0.6) is 0 Å². The van der Waals surface area contributed by atoms with Crippen LogP contribution < -0.4 is 0 Å². The van der Waals surface area contributed by atoms with E-state index in [1.54, 1.807) is 12.1 Å². The minimum absolute atomic E-state index is 0.205. The van der Waals surface area contributed by atoms with Gasteiger partial charge in [-0.25, -0.2) is 4.79 Å². The zero-order valence-electron chi connectivity index (χ0n) is 10.8. The molecule has 0 spiro atoms. The number of rotatable bonds is 2. The summed E-state index contributed by atoms with van der Waals surface area (Å²) in [5.74, 6) is -0.967. The molecule has 4 heteroatoms. The zero-order valence-corrected chi connectivity index (χ0v) is 11.5. The van der Waals surface area contributed by atoms with Gasteiger partial charge in [0.2, 0.25) is 0 Å². The third kappa shape index (κ3) is 1.96. The second-order valence-electron chi connectivity index (χ2n) is 4.68. The average molecular weight is 286 g/mol. The summed E-state index contributed by atoms with van der Waals surface area (Å²) in [6.45, 7) is 1.95. The molecule has 0 radical (unpaired) electrons. The molecule has 3 rings (SSSR count). The van der Waals surface area contributed by atoms with Crippen molar-refractivity contribution in [1.29, 1.82) is 0 Å². The largest absolute Gasteiger partial charge is 0.477 e. The van der Waals surface area contributed by atoms with Crippen LogP contribution in [0, 0.1) is 6.92 Å². The van der Waals surface area contributed by atoms with E-state index in [2.05, 4.69) is 4.98 Å². The number of hydrogen-bond acceptors (Lipinski definition) is 1. The number of halogens is 1. The highest BCUT2D eigenvalue weighted by Crippen LogP contribution is 2.34. The first-order valence-corrected chi connectivity index (χ1v) is 6.56. The molecule has 3 nitrogen and oxygen atoms in total. The van der Waals surface area contributed by atoms with Gasteiger partial charge in [0.15, 0.2) is 0 Å². The van der Waals surface area contributed by atoms with Crippen LogP contribution in [0.15, 0.2) is 42.5 Å². The summed E-state index contributed by atoms with van der Waals surface area (Å²) in [4.78, 5) is 14.5. The first kappa shape index (κ1) is 12.8. The van der Waals surface area contributed by atoms with Crippen molar-refractivity contribution >= 4 is 28.5 Å². The topological polar surface area (TPSA) is 53.1 Å². The van der Waals surface area contributed by atoms with Crippen LogP contribution in [0.4, 0.5) is 0 Å². The number of hydrogen-bond donors (Lipinski definition) is 2. The lowest BCUT2D eigenvalue weighted by Gasteiger charge is -2.02. The molecule has 0 unspecified atom stereocenters. The number of aromatic amines is 1. The number of nitrogens with one attached hydrogen (secondary N) is 1. The van der Waals surface area contributed by atoms with E-state index in [9.17, 15) is 9.90 Å². The van der Waals surface area contributed by atoms with Crippen LogP contribution in [-0.4, -0.2) is 16.1 Å². The Bertz CT molecular complexity index is 803. The van der Waals surface area contributed by atoms with E-state index < -0.39 is 5.97 Å². The predicted molar refractivity (Wildman–Crippen MR) is 80.4 cm³/mol. The molecule has 1 heterocycles. The molecule has 0 amide bonds. The van der Waals surface area contributed by atoms with E-state index in [1.807, 2.05) is 37.3 Å². The summed E-state index contributed by atoms with van der Waals surface area (Å²) in [5.41, 5.74) is 3.62. The molecular weight excluding hydrogens is 274 g/mol. The summed E-state index contributed by atoms with van der Waals surface area (Å²) >= 11 is 5.89. The van der Waals surface area contributed by atoms with Crippen LogP contribution >= 0.6 is 11.6 Å². The van der Waals surface area contributed by atoms with Crippen LogP contribution in [0.25, 0.3) is 22.0 Å². The van der Waals surface area contributed by atoms with Crippen molar-refractivity contribution in [2.75, 3.05) is 0 Å². The second kappa shape index (κ2) is 4.69. The normalized spacial score (nSPS) is 10.9. The quantitative estimate of drug-likeness (QED) is 0.728. The summed E-state index contributed by atoms with van der Waals surface area (Å²) in [6.07, 6.45) is 0. The Kier molecular flexibility index (Phi) is 2.99. The van der Waals surface area contributed by atoms with Crippen LogP contribution in [0.2, 0.25) is 5.02 Å². The number of fused-ring (bicyclic) bond motifs is 1. The maximum atomic E-state index is 11.5. The van der Waals surface area contributed by atoms with Crippen molar-refractivity contribution in [2.45, 2.75) is 6.92 Å². The lowest BCUT2D eigenvalue weighted by atomic mass is 10.0. The monoisotopic (exact) mass is 285 g/mol. The summed E-state index contributed by atoms with van der Waals surface area (Å²) < 4.78 is 0. The molecule has 1 aromatic heterocycles. The second-order valence-corrected chi connectivity index (χ2v) is 5.12. The number of aryl methyl sites for hydroxylation is 1. The molecule has 0 fully saturated rings. The third-order valence-electron chi connectivity index (χ3n) is 3.39. The Hall–Kier alpha value is -2.26. The Morgan fingerprint density at radius 1 is 1.15 bits per heavy atom. The number of aromatic carboxylic acids is 1. The van der Waals surface area contributed by atoms with E-state index >= 15 is 0 Å². The average Bonchev–Trinajstić information content (AvgIpc) is 2.81. The number of aromatic nitrogens is 1. The van der Waals surface area contributed by atoms with Gasteiger partial charge in [-0.2, -0.15) is 0 Å². The minimum atomic E-state index is -0.967. The Balaban J connectivity index is 2.37. The van der Waals surface area contributed by atoms with Crippen molar-refractivity contribution in [3.05, 3.63) is 58.7 Å². The lowest BCUT2D eigenvalue weighted by molar-refractivity contribution is 0.0692. The number of carboxylic acids is 1. The molecule has 20 heavy (non-hydrogen) atoms. The molecule has 0 saturated carbocycles. The maximum absolute atomic E-state index is 11.5. The number of para-hydroxylation sites is 1. The molecule has 0 aliphatic heterocycles. The molecule has 0 atom stereocenters. The molecule has 0 bridgehead atoms. The van der Waals surface area contributed by atoms with Crippen molar-refractivity contribution < 1.29 is 9.90 Å². The lowest BCUT2D eigenvalue weighted by Crippen LogP contribution is -1.98. The third-order valence-corrected chi connectivity index (χ3v) is 3.64. The number of carbonyl (C=O) groups is 1. The SMILES string of the molecule is Cc1cccc2c(-c3ccc(Cl)cc3)c(C(=O)O)[nH]c12. The highest BCUT2D eigenvalue weighted by molar-refractivity contribution is 6.30. The molecule has 0 aliphatic carbocycles. The van der Waals surface area contributed by atoms with E-state index in [0.29, 0.717) is 10.6 Å². The van der Waals surface area contributed by atoms with E-state index in [4.69, 9.17) is 11.6 Å². The van der Waals surface area contributed by atoms with Gasteiger partial charge < -0.3 is 10.1 Å². The molecule has 100 valence electrons. The Morgan fingerprint density at radius 2 is 1.85 bits per heavy atom. The smallest absolute Gasteiger partial charge is 0.352 e. The molecule has 2 aromatic carbocycles. The zero-order chi connectivity index (χ0) is 14.3. The van der Waals surface area contributed by atoms with E-state index in [1.165, 1.54) is 0 Å². The van der Waals surface area contributed by atoms with Crippen LogP contribution in [0.3, 0.4) is 0 Å². The van der Waals surface area contributed by atoms with Gasteiger partial charge in [0.25, 0.3) is 0 Å². The maximum Gasteiger partial charge on any atom is 0.352 e. The summed E-state index contributed by atoms with van der Waals surface area (Å²) in [7, 11) is 0. The number of H-pyrrole nitrogens is 1. The highest BCUT2D eigenvalue weighted by atomic mass is 35.5. The van der Waals surface area contributed by atoms with E-state index in [-0.39, 0.29) is 5.69 Å². The summed E-state index contributed by atoms with van der Waals surface area (Å²) in [5, 5.41) is 10.9. The van der Waals surface area contributed by atoms with Gasteiger partial charge in [-0.05, 0) is 30.2 Å². The van der Waals surface area contributed by atoms with Gasteiger partial charge in [0, 0.05) is 21.5 Å². The molecular formula is C16H12ClNO2. The van der Waals surface area contributed by atoms with Crippen molar-refractivity contribution in [3.63, 3.8) is 0 Å². The predicted octanol–water partition coefficient (Wildman–Crippen LogP) is 4.49. The van der Waals surface area contributed by atoms with Gasteiger partial charge in [-0.15, -0.1) is 0 Å². The van der Waals surface area contributed by atoms with Crippen molar-refractivity contribution in [3.8, 4) is 11.1 Å². The van der Waals surface area contributed by atoms with Crippen molar-refractivity contribution in [1.82, 2.24) is 4.98 Å². The molecule has 2 N–H and O–H groups in total. The summed E-state index contributed by atoms with van der Waals surface area (Å²) in [6, 6.07) is 13.0. The fraction of sp³-hybridized carbons (Fsp3) is 0.0625. The highest BCUT2D eigenvalue weighted by Gasteiger charge is 2.19. The van der Waals surface area contributed by atoms with Gasteiger partial charge in [0.05, 0.1) is 0 Å². The molecule has 3 aromatic rings. The van der Waals surface area contributed by atoms with Gasteiger partial charge >= 0.3 is 5.97 Å². The number of carboxylic acid groups (broad SMARTS) is 1. The molecule has 0 aliphatic rings. The fourth-order valence-corrected chi connectivity index (χ4v) is 2.57. The Morgan fingerprint density at radius 3 is 2.50 bits per heavy atom. The number of benzene rings is 2. The Labute approximate surface area is 120 Å². The molecule has 0 saturated heterocycles.